The Balaban J connectivity index is 1.96. The van der Waals surface area contributed by atoms with Crippen molar-refractivity contribution in [3.63, 3.8) is 0 Å². The lowest BCUT2D eigenvalue weighted by molar-refractivity contribution is 0.0966. The topological polar surface area (TPSA) is 122 Å². The van der Waals surface area contributed by atoms with Crippen molar-refractivity contribution in [1.82, 2.24) is 19.1 Å². The summed E-state index contributed by atoms with van der Waals surface area (Å²) in [7, 11) is 1.50. The molecule has 4 rings (SSSR count). The van der Waals surface area contributed by atoms with Crippen molar-refractivity contribution in [3.05, 3.63) is 81.9 Å². The van der Waals surface area contributed by atoms with Crippen molar-refractivity contribution < 1.29 is 18.7 Å². The first-order valence-corrected chi connectivity index (χ1v) is 9.53. The van der Waals surface area contributed by atoms with Crippen LogP contribution in [0.3, 0.4) is 0 Å². The minimum Gasteiger partial charge on any atom is -0.497 e. The molecule has 4 aromatic rings. The number of primary amides is 1. The summed E-state index contributed by atoms with van der Waals surface area (Å²) in [6.45, 7) is 1.08. The number of Topliss-reactive ketones (excluding diaryl/α,β-unsaturated/α-hetero) is 1. The molecule has 2 aromatic heterocycles. The normalized spacial score (nSPS) is 11.0. The summed E-state index contributed by atoms with van der Waals surface area (Å²) >= 11 is 0. The Kier molecular flexibility index (Phi) is 5.27. The van der Waals surface area contributed by atoms with Gasteiger partial charge in [-0.05, 0) is 43.3 Å². The maximum Gasteiger partial charge on any atom is 0.335 e. The van der Waals surface area contributed by atoms with Crippen molar-refractivity contribution in [2.24, 2.45) is 5.73 Å². The van der Waals surface area contributed by atoms with Gasteiger partial charge < -0.3 is 10.5 Å². The van der Waals surface area contributed by atoms with E-state index in [0.717, 1.165) is 9.13 Å². The molecule has 32 heavy (non-hydrogen) atoms. The number of nitrogens with two attached hydrogens (primary N) is 1. The zero-order chi connectivity index (χ0) is 23.0. The minimum absolute atomic E-state index is 0.0241. The molecule has 2 aromatic carbocycles. The summed E-state index contributed by atoms with van der Waals surface area (Å²) in [6, 6.07) is 11.9. The molecule has 2 heterocycles. The van der Waals surface area contributed by atoms with Crippen LogP contribution in [0, 0.1) is 12.7 Å². The lowest BCUT2D eigenvalue weighted by atomic mass is 10.1. The molecule has 10 heteroatoms. The number of rotatable bonds is 6. The highest BCUT2D eigenvalue weighted by molar-refractivity contribution is 6.03. The quantitative estimate of drug-likeness (QED) is 0.463. The van der Waals surface area contributed by atoms with Gasteiger partial charge in [0.2, 0.25) is 0 Å². The van der Waals surface area contributed by atoms with Crippen LogP contribution in [0.15, 0.2) is 53.3 Å². The number of amides is 1. The molecule has 0 aliphatic heterocycles. The lowest BCUT2D eigenvalue weighted by Crippen LogP contribution is -2.27. The van der Waals surface area contributed by atoms with Crippen LogP contribution in [0.2, 0.25) is 0 Å². The first kappa shape index (κ1) is 20.9. The molecule has 0 bridgehead atoms. The fraction of sp³-hybridized carbons (Fsp3) is 0.136. The second-order valence-corrected chi connectivity index (χ2v) is 6.96. The number of nitrogens with zero attached hydrogens (tertiary/aromatic N) is 4. The minimum atomic E-state index is -0.906. The van der Waals surface area contributed by atoms with E-state index < -0.39 is 29.7 Å². The van der Waals surface area contributed by atoms with E-state index in [0.29, 0.717) is 11.3 Å². The third-order valence-electron chi connectivity index (χ3n) is 4.92. The van der Waals surface area contributed by atoms with E-state index in [1.165, 1.54) is 32.2 Å². The summed E-state index contributed by atoms with van der Waals surface area (Å²) in [5.41, 5.74) is 4.68. The van der Waals surface area contributed by atoms with Crippen LogP contribution in [0.1, 0.15) is 26.7 Å². The zero-order valence-corrected chi connectivity index (χ0v) is 17.2. The van der Waals surface area contributed by atoms with E-state index in [1.54, 1.807) is 30.3 Å². The number of hydrogen-bond donors (Lipinski definition) is 1. The molecule has 2 N–H and O–H groups in total. The highest BCUT2D eigenvalue weighted by Crippen LogP contribution is 2.21. The number of benzene rings is 2. The second kappa shape index (κ2) is 8.06. The number of aryl methyl sites for hydroxylation is 1. The number of carbonyl (C=O) groups excluding carboxylic acids is 2. The Morgan fingerprint density at radius 3 is 2.41 bits per heavy atom. The first-order chi connectivity index (χ1) is 15.3. The number of hydrogen-bond acceptors (Lipinski definition) is 6. The van der Waals surface area contributed by atoms with Crippen LogP contribution in [-0.4, -0.2) is 37.9 Å². The Hall–Kier alpha value is -4.34. The molecular formula is C22H18FN5O4. The number of halogens is 1. The largest absolute Gasteiger partial charge is 0.497 e. The summed E-state index contributed by atoms with van der Waals surface area (Å²) in [5, 5.41) is 0. The fourth-order valence-corrected chi connectivity index (χ4v) is 3.44. The van der Waals surface area contributed by atoms with Gasteiger partial charge in [0.25, 0.3) is 5.91 Å². The molecule has 0 radical (unpaired) electrons. The standard InChI is InChI=1S/C22H18FN5O4/c1-12-25-18(20(24)30)19-21(26-12)28(16-6-4-3-5-15(16)23)22(31)27(19)11-17(29)13-7-9-14(32-2)10-8-13/h3-10H,11H2,1-2H3,(H2,24,30). The Morgan fingerprint density at radius 2 is 1.78 bits per heavy atom. The molecular weight excluding hydrogens is 417 g/mol. The molecule has 0 atom stereocenters. The van der Waals surface area contributed by atoms with Crippen molar-refractivity contribution >= 4 is 22.9 Å². The predicted molar refractivity (Wildman–Crippen MR) is 114 cm³/mol. The van der Waals surface area contributed by atoms with Crippen LogP contribution in [0.25, 0.3) is 16.9 Å². The molecule has 9 nitrogen and oxygen atoms in total. The van der Waals surface area contributed by atoms with Crippen LogP contribution < -0.4 is 16.2 Å². The highest BCUT2D eigenvalue weighted by Gasteiger charge is 2.25. The summed E-state index contributed by atoms with van der Waals surface area (Å²) < 4.78 is 21.7. The first-order valence-electron chi connectivity index (χ1n) is 9.53. The van der Waals surface area contributed by atoms with Crippen molar-refractivity contribution in [2.75, 3.05) is 7.11 Å². The molecule has 1 amide bonds. The van der Waals surface area contributed by atoms with Crippen molar-refractivity contribution in [2.45, 2.75) is 13.5 Å². The maximum absolute atomic E-state index is 14.6. The fourth-order valence-electron chi connectivity index (χ4n) is 3.44. The summed E-state index contributed by atoms with van der Waals surface area (Å²) in [6.07, 6.45) is 0. The molecule has 0 saturated heterocycles. The van der Waals surface area contributed by atoms with Gasteiger partial charge in [0.1, 0.15) is 22.9 Å². The van der Waals surface area contributed by atoms with Gasteiger partial charge in [-0.1, -0.05) is 12.1 Å². The van der Waals surface area contributed by atoms with Gasteiger partial charge >= 0.3 is 5.69 Å². The summed E-state index contributed by atoms with van der Waals surface area (Å²) in [4.78, 5) is 46.7. The molecule has 0 saturated carbocycles. The van der Waals surface area contributed by atoms with E-state index in [9.17, 15) is 18.8 Å². The van der Waals surface area contributed by atoms with Crippen LogP contribution >= 0.6 is 0 Å². The lowest BCUT2D eigenvalue weighted by Gasteiger charge is -2.06. The van der Waals surface area contributed by atoms with Crippen molar-refractivity contribution in [3.8, 4) is 11.4 Å². The molecule has 0 unspecified atom stereocenters. The number of carbonyl (C=O) groups is 2. The van der Waals surface area contributed by atoms with Gasteiger partial charge in [0.15, 0.2) is 17.1 Å². The average Bonchev–Trinajstić information content (AvgIpc) is 3.04. The summed E-state index contributed by atoms with van der Waals surface area (Å²) in [5.74, 6) is -1.27. The number of ketones is 1. The van der Waals surface area contributed by atoms with E-state index >= 15 is 0 Å². The van der Waals surface area contributed by atoms with E-state index in [2.05, 4.69) is 9.97 Å². The number of imidazole rings is 1. The average molecular weight is 435 g/mol. The monoisotopic (exact) mass is 435 g/mol. The Bertz CT molecular complexity index is 1420. The second-order valence-electron chi connectivity index (χ2n) is 6.96. The van der Waals surface area contributed by atoms with Gasteiger partial charge in [0, 0.05) is 5.56 Å². The highest BCUT2D eigenvalue weighted by atomic mass is 19.1. The number of fused-ring (bicyclic) bond motifs is 1. The Labute approximate surface area is 180 Å². The zero-order valence-electron chi connectivity index (χ0n) is 17.2. The van der Waals surface area contributed by atoms with Gasteiger partial charge in [-0.25, -0.2) is 23.7 Å². The van der Waals surface area contributed by atoms with Crippen LogP contribution in [-0.2, 0) is 6.54 Å². The van der Waals surface area contributed by atoms with Gasteiger partial charge in [-0.3, -0.25) is 14.2 Å². The van der Waals surface area contributed by atoms with Crippen molar-refractivity contribution in [1.29, 1.82) is 0 Å². The smallest absolute Gasteiger partial charge is 0.335 e. The van der Waals surface area contributed by atoms with E-state index in [1.807, 2.05) is 0 Å². The van der Waals surface area contributed by atoms with Gasteiger partial charge in [0.05, 0.1) is 19.3 Å². The Morgan fingerprint density at radius 1 is 1.09 bits per heavy atom. The van der Waals surface area contributed by atoms with Gasteiger partial charge in [-0.15, -0.1) is 0 Å². The number of methoxy groups -OCH3 is 1. The molecule has 0 aliphatic rings. The van der Waals surface area contributed by atoms with Crippen LogP contribution in [0.5, 0.6) is 5.75 Å². The number of ether oxygens (including phenoxy) is 1. The molecule has 0 spiro atoms. The molecule has 0 aliphatic carbocycles. The third-order valence-corrected chi connectivity index (χ3v) is 4.92. The van der Waals surface area contributed by atoms with Gasteiger partial charge in [-0.2, -0.15) is 0 Å². The predicted octanol–water partition coefficient (Wildman–Crippen LogP) is 2.02. The van der Waals surface area contributed by atoms with Crippen LogP contribution in [0.4, 0.5) is 4.39 Å². The third kappa shape index (κ3) is 3.51. The molecule has 162 valence electrons. The number of aromatic nitrogens is 4. The number of para-hydroxylation sites is 1. The van der Waals surface area contributed by atoms with E-state index in [-0.39, 0.29) is 28.4 Å². The van der Waals surface area contributed by atoms with E-state index in [4.69, 9.17) is 10.5 Å². The maximum atomic E-state index is 14.6. The SMILES string of the molecule is COc1ccc(C(=O)Cn2c(=O)n(-c3ccccc3F)c3nc(C)nc(C(N)=O)c32)cc1. The molecule has 0 fully saturated rings.